The highest BCUT2D eigenvalue weighted by molar-refractivity contribution is 6.34. The van der Waals surface area contributed by atoms with E-state index in [0.717, 1.165) is 52.9 Å². The van der Waals surface area contributed by atoms with Crippen molar-refractivity contribution in [1.82, 2.24) is 19.9 Å². The zero-order chi connectivity index (χ0) is 24.4. The summed E-state index contributed by atoms with van der Waals surface area (Å²) in [5.41, 5.74) is 4.96. The number of aromatic nitrogens is 3. The molecule has 34 heavy (non-hydrogen) atoms. The van der Waals surface area contributed by atoms with Gasteiger partial charge in [0.2, 0.25) is 5.91 Å². The van der Waals surface area contributed by atoms with Gasteiger partial charge in [0.25, 0.3) is 0 Å². The molecule has 0 bridgehead atoms. The van der Waals surface area contributed by atoms with Gasteiger partial charge in [0.1, 0.15) is 5.52 Å². The predicted molar refractivity (Wildman–Crippen MR) is 139 cm³/mol. The van der Waals surface area contributed by atoms with E-state index in [0.29, 0.717) is 17.1 Å². The lowest BCUT2D eigenvalue weighted by atomic mass is 9.84. The fourth-order valence-corrected chi connectivity index (χ4v) is 5.51. The Morgan fingerprint density at radius 3 is 2.59 bits per heavy atom. The largest absolute Gasteiger partial charge is 0.326 e. The van der Waals surface area contributed by atoms with Gasteiger partial charge in [-0.2, -0.15) is 0 Å². The van der Waals surface area contributed by atoms with E-state index in [2.05, 4.69) is 56.2 Å². The van der Waals surface area contributed by atoms with Gasteiger partial charge in [-0.25, -0.2) is 9.97 Å². The number of benzene rings is 1. The summed E-state index contributed by atoms with van der Waals surface area (Å²) in [6.07, 6.45) is 3.79. The lowest BCUT2D eigenvalue weighted by Crippen LogP contribution is -2.55. The maximum absolute atomic E-state index is 13.5. The van der Waals surface area contributed by atoms with Crippen LogP contribution in [0, 0.1) is 5.92 Å². The minimum atomic E-state index is -0.532. The first-order valence-electron chi connectivity index (χ1n) is 12.3. The van der Waals surface area contributed by atoms with Crippen molar-refractivity contribution >= 4 is 34.2 Å². The second-order valence-corrected chi connectivity index (χ2v) is 11.4. The minimum absolute atomic E-state index is 0.184. The van der Waals surface area contributed by atoms with Crippen LogP contribution in [-0.2, 0) is 10.2 Å². The van der Waals surface area contributed by atoms with E-state index in [4.69, 9.17) is 16.6 Å². The molecule has 1 amide bonds. The Balaban J connectivity index is 1.49. The van der Waals surface area contributed by atoms with Crippen molar-refractivity contribution in [3.63, 3.8) is 0 Å². The number of nitrogens with one attached hydrogen (secondary N) is 1. The molecule has 1 aliphatic carbocycles. The Labute approximate surface area is 206 Å². The number of rotatable bonds is 6. The summed E-state index contributed by atoms with van der Waals surface area (Å²) in [5.74, 6) is 0.808. The molecule has 1 aliphatic heterocycles. The van der Waals surface area contributed by atoms with E-state index in [1.807, 2.05) is 35.7 Å². The highest BCUT2D eigenvalue weighted by atomic mass is 35.5. The highest BCUT2D eigenvalue weighted by Crippen LogP contribution is 2.47. The first-order valence-corrected chi connectivity index (χ1v) is 12.7. The van der Waals surface area contributed by atoms with Crippen LogP contribution in [0.15, 0.2) is 30.6 Å². The standard InChI is InChI=1S/C27H34ClN5O/c1-15(2)13-29-18-10-19(11-18)33-23-9-17(7-8-20(23)27(5,6)26(33)34)21-12-22-24(25(28)31-21)32(14-30-22)16(3)4/h7-9,12,14-16,18-19,29H,10-11,13H2,1-6H3/t18-,19+. The van der Waals surface area contributed by atoms with Crippen molar-refractivity contribution in [2.75, 3.05) is 11.4 Å². The Bertz CT molecular complexity index is 1260. The first kappa shape index (κ1) is 23.3. The number of imidazole rings is 1. The molecule has 180 valence electrons. The van der Waals surface area contributed by atoms with Crippen molar-refractivity contribution in [1.29, 1.82) is 0 Å². The molecule has 0 radical (unpaired) electrons. The first-order chi connectivity index (χ1) is 16.1. The SMILES string of the molecule is CC(C)CN[C@H]1C[C@@H](N2C(=O)C(C)(C)c3ccc(-c4cc5ncn(C(C)C)c5c(Cl)n4)cc32)C1. The third-order valence-electron chi connectivity index (χ3n) is 7.34. The summed E-state index contributed by atoms with van der Waals surface area (Å²) in [4.78, 5) is 24.8. The van der Waals surface area contributed by atoms with Gasteiger partial charge in [0, 0.05) is 29.4 Å². The Hall–Kier alpha value is -2.44. The van der Waals surface area contributed by atoms with Crippen LogP contribution < -0.4 is 10.2 Å². The normalized spacial score (nSPS) is 21.6. The van der Waals surface area contributed by atoms with E-state index in [-0.39, 0.29) is 18.0 Å². The number of halogens is 1. The van der Waals surface area contributed by atoms with Crippen LogP contribution in [0.1, 0.15) is 66.0 Å². The molecule has 1 fully saturated rings. The molecule has 5 rings (SSSR count). The number of pyridine rings is 1. The van der Waals surface area contributed by atoms with E-state index < -0.39 is 5.41 Å². The smallest absolute Gasteiger partial charge is 0.237 e. The highest BCUT2D eigenvalue weighted by Gasteiger charge is 2.49. The lowest BCUT2D eigenvalue weighted by molar-refractivity contribution is -0.123. The van der Waals surface area contributed by atoms with Gasteiger partial charge in [-0.15, -0.1) is 0 Å². The predicted octanol–water partition coefficient (Wildman–Crippen LogP) is 5.73. The van der Waals surface area contributed by atoms with E-state index in [9.17, 15) is 4.79 Å². The fraction of sp³-hybridized carbons (Fsp3) is 0.519. The summed E-state index contributed by atoms with van der Waals surface area (Å²) in [5, 5.41) is 4.08. The summed E-state index contributed by atoms with van der Waals surface area (Å²) in [6.45, 7) is 13.7. The lowest BCUT2D eigenvalue weighted by Gasteiger charge is -2.42. The molecule has 2 aromatic heterocycles. The Morgan fingerprint density at radius 1 is 1.18 bits per heavy atom. The molecule has 2 aliphatic rings. The molecule has 6 nitrogen and oxygen atoms in total. The molecule has 0 spiro atoms. The summed E-state index contributed by atoms with van der Waals surface area (Å²) < 4.78 is 2.04. The van der Waals surface area contributed by atoms with Gasteiger partial charge in [0.05, 0.1) is 23.0 Å². The van der Waals surface area contributed by atoms with Crippen molar-refractivity contribution < 1.29 is 4.79 Å². The molecule has 7 heteroatoms. The van der Waals surface area contributed by atoms with Crippen LogP contribution in [0.4, 0.5) is 5.69 Å². The molecule has 1 saturated carbocycles. The second-order valence-electron chi connectivity index (χ2n) is 11.1. The number of nitrogens with zero attached hydrogens (tertiary/aromatic N) is 4. The topological polar surface area (TPSA) is 63.1 Å². The zero-order valence-electron chi connectivity index (χ0n) is 20.9. The molecular weight excluding hydrogens is 446 g/mol. The number of hydrogen-bond acceptors (Lipinski definition) is 4. The van der Waals surface area contributed by atoms with Crippen LogP contribution in [0.5, 0.6) is 0 Å². The second kappa shape index (κ2) is 8.35. The maximum Gasteiger partial charge on any atom is 0.237 e. The number of carbonyl (C=O) groups is 1. The number of carbonyl (C=O) groups excluding carboxylic acids is 1. The summed E-state index contributed by atoms with van der Waals surface area (Å²) in [6, 6.07) is 9.20. The van der Waals surface area contributed by atoms with Crippen LogP contribution in [0.25, 0.3) is 22.3 Å². The van der Waals surface area contributed by atoms with Gasteiger partial charge in [-0.05, 0) is 70.7 Å². The fourth-order valence-electron chi connectivity index (χ4n) is 5.23. The van der Waals surface area contributed by atoms with Crippen LogP contribution in [0.3, 0.4) is 0 Å². The average molecular weight is 480 g/mol. The average Bonchev–Trinajstić information content (AvgIpc) is 3.26. The monoisotopic (exact) mass is 479 g/mol. The maximum atomic E-state index is 13.5. The molecular formula is C27H34ClN5O. The third-order valence-corrected chi connectivity index (χ3v) is 7.60. The van der Waals surface area contributed by atoms with Crippen molar-refractivity contribution in [2.45, 2.75) is 77.9 Å². The molecule has 3 heterocycles. The Kier molecular flexibility index (Phi) is 5.72. The van der Waals surface area contributed by atoms with Gasteiger partial charge in [0.15, 0.2) is 5.15 Å². The van der Waals surface area contributed by atoms with Gasteiger partial charge < -0.3 is 14.8 Å². The van der Waals surface area contributed by atoms with Crippen molar-refractivity contribution in [3.8, 4) is 11.3 Å². The molecule has 1 N–H and O–H groups in total. The molecule has 0 unspecified atom stereocenters. The van der Waals surface area contributed by atoms with E-state index in [1.165, 1.54) is 0 Å². The van der Waals surface area contributed by atoms with Crippen LogP contribution >= 0.6 is 11.6 Å². The third kappa shape index (κ3) is 3.72. The number of fused-ring (bicyclic) bond motifs is 2. The minimum Gasteiger partial charge on any atom is -0.326 e. The van der Waals surface area contributed by atoms with Crippen molar-refractivity contribution in [3.05, 3.63) is 41.3 Å². The molecule has 0 saturated heterocycles. The van der Waals surface area contributed by atoms with Crippen molar-refractivity contribution in [2.24, 2.45) is 5.92 Å². The molecule has 1 aromatic carbocycles. The van der Waals surface area contributed by atoms with Crippen LogP contribution in [-0.4, -0.2) is 39.1 Å². The van der Waals surface area contributed by atoms with E-state index >= 15 is 0 Å². The van der Waals surface area contributed by atoms with Gasteiger partial charge >= 0.3 is 0 Å². The number of hydrogen-bond donors (Lipinski definition) is 1. The number of anilines is 1. The zero-order valence-corrected chi connectivity index (χ0v) is 21.6. The summed E-state index contributed by atoms with van der Waals surface area (Å²) >= 11 is 6.62. The van der Waals surface area contributed by atoms with Crippen LogP contribution in [0.2, 0.25) is 5.15 Å². The molecule has 0 atom stereocenters. The summed E-state index contributed by atoms with van der Waals surface area (Å²) in [7, 11) is 0. The number of amides is 1. The van der Waals surface area contributed by atoms with Gasteiger partial charge in [-0.1, -0.05) is 37.6 Å². The quantitative estimate of drug-likeness (QED) is 0.458. The molecule has 3 aromatic rings. The van der Waals surface area contributed by atoms with E-state index in [1.54, 1.807) is 0 Å². The Morgan fingerprint density at radius 2 is 1.91 bits per heavy atom. The van der Waals surface area contributed by atoms with Gasteiger partial charge in [-0.3, -0.25) is 4.79 Å².